The average molecular weight is 784 g/mol. The van der Waals surface area contributed by atoms with Gasteiger partial charge in [-0.2, -0.15) is 5.26 Å². The number of rotatable bonds is 11. The van der Waals surface area contributed by atoms with E-state index in [4.69, 9.17) is 18.9 Å². The number of imide groups is 2. The summed E-state index contributed by atoms with van der Waals surface area (Å²) in [7, 11) is 1.50. The van der Waals surface area contributed by atoms with Gasteiger partial charge in [0.05, 0.1) is 66.5 Å². The first-order valence-electron chi connectivity index (χ1n) is 19.1. The Morgan fingerprint density at radius 2 is 1.64 bits per heavy atom. The molecular formula is C44H41N5O9. The zero-order chi connectivity index (χ0) is 40.7. The monoisotopic (exact) mass is 783 g/mol. The largest absolute Gasteiger partial charge is 0.495 e. The fourth-order valence-electron chi connectivity index (χ4n) is 7.97. The Balaban J connectivity index is 0.834. The van der Waals surface area contributed by atoms with Gasteiger partial charge in [0, 0.05) is 31.3 Å². The summed E-state index contributed by atoms with van der Waals surface area (Å²) in [6.07, 6.45) is -0.0656. The van der Waals surface area contributed by atoms with Crippen LogP contribution in [0.15, 0.2) is 78.9 Å². The topological polar surface area (TPSA) is 168 Å². The van der Waals surface area contributed by atoms with Crippen molar-refractivity contribution in [2.24, 2.45) is 0 Å². The van der Waals surface area contributed by atoms with E-state index in [0.717, 1.165) is 33.0 Å². The maximum absolute atomic E-state index is 13.7. The summed E-state index contributed by atoms with van der Waals surface area (Å²) in [5.74, 6) is -1.11. The Labute approximate surface area is 334 Å². The van der Waals surface area contributed by atoms with Gasteiger partial charge in [-0.1, -0.05) is 18.2 Å². The molecule has 8 rings (SSSR count). The predicted molar refractivity (Wildman–Crippen MR) is 211 cm³/mol. The molecule has 4 heterocycles. The molecule has 0 aromatic heterocycles. The number of piperidine rings is 1. The molecule has 2 atom stereocenters. The van der Waals surface area contributed by atoms with Crippen LogP contribution < -0.4 is 24.6 Å². The van der Waals surface area contributed by atoms with Crippen LogP contribution in [0.5, 0.6) is 11.5 Å². The summed E-state index contributed by atoms with van der Waals surface area (Å²) in [6.45, 7) is 6.36. The SMILES string of the molecule is COc1cc(N2C(=O)C(C)(C)c3cc(-c4ccc(OCCOCC5CN(c6ccc7c(c6)C(=O)N(C6CCC(=O)NC6=O)C7=O)CCO5)cc4)ccc32)ccc1C#N. The summed E-state index contributed by atoms with van der Waals surface area (Å²) >= 11 is 0. The number of morpholine rings is 1. The summed E-state index contributed by atoms with van der Waals surface area (Å²) in [5.41, 5.74) is 5.11. The minimum atomic E-state index is -1.01. The molecular weight excluding hydrogens is 743 g/mol. The maximum atomic E-state index is 13.7. The number of methoxy groups -OCH3 is 1. The smallest absolute Gasteiger partial charge is 0.262 e. The van der Waals surface area contributed by atoms with Crippen LogP contribution in [-0.2, 0) is 29.3 Å². The number of ether oxygens (including phenoxy) is 4. The molecule has 5 amide bonds. The number of fused-ring (bicyclic) bond motifs is 2. The van der Waals surface area contributed by atoms with Gasteiger partial charge in [-0.05, 0) is 91.6 Å². The second-order valence-electron chi connectivity index (χ2n) is 15.1. The third-order valence-electron chi connectivity index (χ3n) is 11.1. The van der Waals surface area contributed by atoms with Crippen LogP contribution in [0.3, 0.4) is 0 Å². The van der Waals surface area contributed by atoms with Crippen molar-refractivity contribution in [1.29, 1.82) is 5.26 Å². The van der Waals surface area contributed by atoms with Gasteiger partial charge >= 0.3 is 0 Å². The van der Waals surface area contributed by atoms with Crippen molar-refractivity contribution in [3.8, 4) is 28.7 Å². The first-order valence-corrected chi connectivity index (χ1v) is 19.1. The summed E-state index contributed by atoms with van der Waals surface area (Å²) in [4.78, 5) is 68.9. The van der Waals surface area contributed by atoms with E-state index in [0.29, 0.717) is 62.3 Å². The lowest BCUT2D eigenvalue weighted by Gasteiger charge is -2.34. The van der Waals surface area contributed by atoms with E-state index in [1.807, 2.05) is 50.2 Å². The van der Waals surface area contributed by atoms with Crippen molar-refractivity contribution in [3.63, 3.8) is 0 Å². The molecule has 14 heteroatoms. The highest BCUT2D eigenvalue weighted by Gasteiger charge is 2.46. The quantitative estimate of drug-likeness (QED) is 0.163. The van der Waals surface area contributed by atoms with E-state index in [1.54, 1.807) is 41.3 Å². The third-order valence-corrected chi connectivity index (χ3v) is 11.1. The van der Waals surface area contributed by atoms with Gasteiger partial charge in [-0.25, -0.2) is 0 Å². The summed E-state index contributed by atoms with van der Waals surface area (Å²) in [5, 5.41) is 11.6. The number of nitrogens with one attached hydrogen (secondary N) is 1. The fourth-order valence-corrected chi connectivity index (χ4v) is 7.97. The molecule has 14 nitrogen and oxygen atoms in total. The van der Waals surface area contributed by atoms with Gasteiger partial charge in [-0.15, -0.1) is 0 Å². The Hall–Kier alpha value is -6.56. The number of carbonyl (C=O) groups excluding carboxylic acids is 5. The molecule has 4 aromatic carbocycles. The molecule has 4 aliphatic heterocycles. The van der Waals surface area contributed by atoms with E-state index in [-0.39, 0.29) is 36.0 Å². The summed E-state index contributed by atoms with van der Waals surface area (Å²) < 4.78 is 23.2. The van der Waals surface area contributed by atoms with Crippen molar-refractivity contribution >= 4 is 46.6 Å². The number of nitrogens with zero attached hydrogens (tertiary/aromatic N) is 4. The van der Waals surface area contributed by atoms with Crippen LogP contribution in [0, 0.1) is 11.3 Å². The molecule has 0 radical (unpaired) electrons. The van der Waals surface area contributed by atoms with Crippen molar-refractivity contribution in [1.82, 2.24) is 10.2 Å². The third kappa shape index (κ3) is 6.92. The number of carbonyl (C=O) groups is 5. The van der Waals surface area contributed by atoms with Crippen molar-refractivity contribution in [2.45, 2.75) is 44.2 Å². The second kappa shape index (κ2) is 15.4. The average Bonchev–Trinajstić information content (AvgIpc) is 3.60. The number of hydrogen-bond acceptors (Lipinski definition) is 11. The minimum absolute atomic E-state index is 0.0631. The Morgan fingerprint density at radius 1 is 0.879 bits per heavy atom. The maximum Gasteiger partial charge on any atom is 0.262 e. The van der Waals surface area contributed by atoms with E-state index in [9.17, 15) is 29.2 Å². The van der Waals surface area contributed by atoms with Crippen LogP contribution in [0.25, 0.3) is 11.1 Å². The lowest BCUT2D eigenvalue weighted by molar-refractivity contribution is -0.136. The summed E-state index contributed by atoms with van der Waals surface area (Å²) in [6, 6.07) is 25.1. The number of anilines is 3. The number of amides is 5. The molecule has 4 aromatic rings. The van der Waals surface area contributed by atoms with Crippen molar-refractivity contribution in [3.05, 3.63) is 101 Å². The Bertz CT molecular complexity index is 2390. The van der Waals surface area contributed by atoms with Gasteiger partial charge in [0.2, 0.25) is 17.7 Å². The highest BCUT2D eigenvalue weighted by Crippen LogP contribution is 2.47. The predicted octanol–water partition coefficient (Wildman–Crippen LogP) is 4.89. The molecule has 0 bridgehead atoms. The molecule has 1 N–H and O–H groups in total. The molecule has 2 saturated heterocycles. The Morgan fingerprint density at radius 3 is 2.40 bits per heavy atom. The van der Waals surface area contributed by atoms with E-state index >= 15 is 0 Å². The van der Waals surface area contributed by atoms with E-state index in [1.165, 1.54) is 7.11 Å². The molecule has 4 aliphatic rings. The fraction of sp³-hybridized carbons (Fsp3) is 0.318. The van der Waals surface area contributed by atoms with Gasteiger partial charge < -0.3 is 23.8 Å². The van der Waals surface area contributed by atoms with Crippen LogP contribution >= 0.6 is 0 Å². The minimum Gasteiger partial charge on any atom is -0.495 e. The second-order valence-corrected chi connectivity index (χ2v) is 15.1. The molecule has 2 unspecified atom stereocenters. The van der Waals surface area contributed by atoms with Crippen LogP contribution in [0.2, 0.25) is 0 Å². The van der Waals surface area contributed by atoms with E-state index < -0.39 is 35.1 Å². The molecule has 296 valence electrons. The van der Waals surface area contributed by atoms with E-state index in [2.05, 4.69) is 22.4 Å². The molecule has 0 saturated carbocycles. The standard InChI is InChI=1S/C44H41N5O9/c1-44(2)35-20-27(7-13-36(35)48(43(44)54)30-8-4-28(23-45)38(22-30)55-3)26-5-10-31(11-6-26)58-19-18-56-25-32-24-47(16-17-57-32)29-9-12-33-34(21-29)42(53)49(41(33)52)37-14-15-39(50)46-40(37)51/h4-13,20-22,32,37H,14-19,24-25H2,1-3H3,(H,46,50,51). The molecule has 0 spiro atoms. The zero-order valence-corrected chi connectivity index (χ0v) is 32.3. The zero-order valence-electron chi connectivity index (χ0n) is 32.3. The van der Waals surface area contributed by atoms with Gasteiger partial charge in [0.15, 0.2) is 0 Å². The first kappa shape index (κ1) is 38.3. The van der Waals surface area contributed by atoms with Gasteiger partial charge in [0.1, 0.15) is 30.2 Å². The number of benzene rings is 4. The van der Waals surface area contributed by atoms with Crippen LogP contribution in [0.4, 0.5) is 17.1 Å². The van der Waals surface area contributed by atoms with Crippen molar-refractivity contribution < 1.29 is 42.9 Å². The van der Waals surface area contributed by atoms with Crippen LogP contribution in [-0.4, -0.2) is 93.2 Å². The van der Waals surface area contributed by atoms with Gasteiger partial charge in [-0.3, -0.25) is 39.1 Å². The number of nitriles is 1. The molecule has 2 fully saturated rings. The lowest BCUT2D eigenvalue weighted by atomic mass is 9.84. The Kier molecular flexibility index (Phi) is 10.2. The molecule has 0 aliphatic carbocycles. The van der Waals surface area contributed by atoms with Crippen LogP contribution in [0.1, 0.15) is 58.5 Å². The lowest BCUT2D eigenvalue weighted by Crippen LogP contribution is -2.54. The molecule has 58 heavy (non-hydrogen) atoms. The van der Waals surface area contributed by atoms with Gasteiger partial charge in [0.25, 0.3) is 11.8 Å². The highest BCUT2D eigenvalue weighted by atomic mass is 16.5. The first-order chi connectivity index (χ1) is 28.0. The highest BCUT2D eigenvalue weighted by molar-refractivity contribution is 6.23. The van der Waals surface area contributed by atoms with Crippen molar-refractivity contribution in [2.75, 3.05) is 56.4 Å². The normalized spacial score (nSPS) is 19.8. The number of hydrogen-bond donors (Lipinski definition) is 1.